The SMILES string of the molecule is CCCCOc1cc(C=O)c([N+](=O)[O-])cc1OCCCC. The Bertz CT molecular complexity index is 487. The monoisotopic (exact) mass is 295 g/mol. The van der Waals surface area contributed by atoms with E-state index in [0.29, 0.717) is 31.0 Å². The highest BCUT2D eigenvalue weighted by Gasteiger charge is 2.19. The minimum atomic E-state index is -0.591. The number of nitro groups is 1. The largest absolute Gasteiger partial charge is 0.490 e. The van der Waals surface area contributed by atoms with Crippen molar-refractivity contribution in [2.24, 2.45) is 0 Å². The molecule has 0 radical (unpaired) electrons. The summed E-state index contributed by atoms with van der Waals surface area (Å²) in [5.74, 6) is 0.698. The minimum absolute atomic E-state index is 0.00524. The van der Waals surface area contributed by atoms with E-state index in [1.165, 1.54) is 12.1 Å². The number of unbranched alkanes of at least 4 members (excludes halogenated alkanes) is 2. The summed E-state index contributed by atoms with van der Waals surface area (Å²) in [5.41, 5.74) is -0.270. The molecule has 0 atom stereocenters. The highest BCUT2D eigenvalue weighted by molar-refractivity contribution is 5.83. The molecule has 0 bridgehead atoms. The van der Waals surface area contributed by atoms with Crippen molar-refractivity contribution in [3.05, 3.63) is 27.8 Å². The lowest BCUT2D eigenvalue weighted by atomic mass is 10.1. The Kier molecular flexibility index (Phi) is 7.21. The van der Waals surface area contributed by atoms with Gasteiger partial charge in [-0.1, -0.05) is 26.7 Å². The van der Waals surface area contributed by atoms with E-state index in [1.807, 2.05) is 13.8 Å². The molecule has 0 spiro atoms. The molecule has 0 saturated heterocycles. The molecule has 0 N–H and O–H groups in total. The minimum Gasteiger partial charge on any atom is -0.490 e. The van der Waals surface area contributed by atoms with Crippen LogP contribution in [0.25, 0.3) is 0 Å². The molecule has 1 aromatic rings. The normalized spacial score (nSPS) is 10.2. The fraction of sp³-hybridized carbons (Fsp3) is 0.533. The van der Waals surface area contributed by atoms with Crippen LogP contribution in [0, 0.1) is 10.1 Å². The van der Waals surface area contributed by atoms with Crippen LogP contribution in [0.4, 0.5) is 5.69 Å². The molecule has 0 fully saturated rings. The van der Waals surface area contributed by atoms with Crippen LogP contribution >= 0.6 is 0 Å². The van der Waals surface area contributed by atoms with Gasteiger partial charge in [-0.05, 0) is 12.8 Å². The Labute approximate surface area is 124 Å². The van der Waals surface area contributed by atoms with E-state index in [-0.39, 0.29) is 11.3 Å². The number of hydrogen-bond acceptors (Lipinski definition) is 5. The second kappa shape index (κ2) is 8.94. The zero-order chi connectivity index (χ0) is 15.7. The first-order valence-electron chi connectivity index (χ1n) is 7.17. The molecule has 21 heavy (non-hydrogen) atoms. The van der Waals surface area contributed by atoms with E-state index in [9.17, 15) is 14.9 Å². The van der Waals surface area contributed by atoms with Gasteiger partial charge >= 0.3 is 0 Å². The van der Waals surface area contributed by atoms with E-state index < -0.39 is 4.92 Å². The molecule has 116 valence electrons. The van der Waals surface area contributed by atoms with Gasteiger partial charge in [-0.25, -0.2) is 0 Å². The van der Waals surface area contributed by atoms with Crippen LogP contribution in [-0.4, -0.2) is 24.4 Å². The number of carbonyl (C=O) groups is 1. The van der Waals surface area contributed by atoms with Crippen LogP contribution in [0.1, 0.15) is 49.9 Å². The first-order valence-corrected chi connectivity index (χ1v) is 7.17. The number of nitro benzene ring substituents is 1. The molecule has 0 saturated carbocycles. The third-order valence-corrected chi connectivity index (χ3v) is 2.93. The summed E-state index contributed by atoms with van der Waals surface area (Å²) in [6, 6.07) is 2.64. The van der Waals surface area contributed by atoms with Gasteiger partial charge in [0.25, 0.3) is 5.69 Å². The van der Waals surface area contributed by atoms with E-state index >= 15 is 0 Å². The van der Waals surface area contributed by atoms with Gasteiger partial charge in [-0.3, -0.25) is 14.9 Å². The van der Waals surface area contributed by atoms with Crippen molar-refractivity contribution in [3.63, 3.8) is 0 Å². The smallest absolute Gasteiger partial charge is 0.283 e. The van der Waals surface area contributed by atoms with E-state index in [4.69, 9.17) is 9.47 Å². The third kappa shape index (κ3) is 5.06. The van der Waals surface area contributed by atoms with Crippen LogP contribution in [-0.2, 0) is 0 Å². The number of ether oxygens (including phenoxy) is 2. The first-order chi connectivity index (χ1) is 10.1. The molecule has 1 aromatic carbocycles. The van der Waals surface area contributed by atoms with Crippen molar-refractivity contribution in [2.45, 2.75) is 39.5 Å². The van der Waals surface area contributed by atoms with Gasteiger partial charge in [0.1, 0.15) is 0 Å². The average molecular weight is 295 g/mol. The second-order valence-electron chi connectivity index (χ2n) is 4.64. The number of aldehydes is 1. The quantitative estimate of drug-likeness (QED) is 0.284. The van der Waals surface area contributed by atoms with E-state index in [1.54, 1.807) is 0 Å². The summed E-state index contributed by atoms with van der Waals surface area (Å²) in [5, 5.41) is 11.0. The van der Waals surface area contributed by atoms with Gasteiger partial charge in [-0.2, -0.15) is 0 Å². The van der Waals surface area contributed by atoms with Gasteiger partial charge in [0.15, 0.2) is 17.8 Å². The van der Waals surface area contributed by atoms with Crippen LogP contribution in [0.2, 0.25) is 0 Å². The molecular weight excluding hydrogens is 274 g/mol. The summed E-state index contributed by atoms with van der Waals surface area (Å²) >= 11 is 0. The molecule has 0 amide bonds. The number of hydrogen-bond donors (Lipinski definition) is 0. The molecule has 1 rings (SSSR count). The highest BCUT2D eigenvalue weighted by Crippen LogP contribution is 2.34. The summed E-state index contributed by atoms with van der Waals surface area (Å²) < 4.78 is 11.1. The maximum atomic E-state index is 11.0. The van der Waals surface area contributed by atoms with E-state index in [2.05, 4.69) is 0 Å². The number of nitrogens with zero attached hydrogens (tertiary/aromatic N) is 1. The second-order valence-corrected chi connectivity index (χ2v) is 4.64. The molecule has 0 aliphatic heterocycles. The Balaban J connectivity index is 3.04. The summed E-state index contributed by atoms with van der Waals surface area (Å²) in [6.07, 6.45) is 4.10. The van der Waals surface area contributed by atoms with Crippen molar-refractivity contribution >= 4 is 12.0 Å². The van der Waals surface area contributed by atoms with Gasteiger partial charge in [-0.15, -0.1) is 0 Å². The highest BCUT2D eigenvalue weighted by atomic mass is 16.6. The molecular formula is C15H21NO5. The Morgan fingerprint density at radius 1 is 1.10 bits per heavy atom. The van der Waals surface area contributed by atoms with Crippen molar-refractivity contribution in [1.29, 1.82) is 0 Å². The fourth-order valence-corrected chi connectivity index (χ4v) is 1.70. The maximum absolute atomic E-state index is 11.0. The van der Waals surface area contributed by atoms with Crippen LogP contribution in [0.5, 0.6) is 11.5 Å². The van der Waals surface area contributed by atoms with Crippen LogP contribution in [0.15, 0.2) is 12.1 Å². The van der Waals surface area contributed by atoms with Crippen molar-refractivity contribution in [3.8, 4) is 11.5 Å². The molecule has 0 aliphatic rings. The van der Waals surface area contributed by atoms with Gasteiger partial charge in [0, 0.05) is 6.07 Å². The standard InChI is InChI=1S/C15H21NO5/c1-3-5-7-20-14-9-12(11-17)13(16(18)19)10-15(14)21-8-6-4-2/h9-11H,3-8H2,1-2H3. The molecule has 0 unspecified atom stereocenters. The maximum Gasteiger partial charge on any atom is 0.283 e. The first kappa shape index (κ1) is 16.9. The van der Waals surface area contributed by atoms with Gasteiger partial charge in [0.05, 0.1) is 29.8 Å². The lowest BCUT2D eigenvalue weighted by molar-refractivity contribution is -0.385. The number of rotatable bonds is 10. The Hall–Kier alpha value is -2.11. The third-order valence-electron chi connectivity index (χ3n) is 2.93. The lowest BCUT2D eigenvalue weighted by Crippen LogP contribution is -2.04. The number of benzene rings is 1. The summed E-state index contributed by atoms with van der Waals surface area (Å²) in [6.45, 7) is 5.00. The molecule has 0 aromatic heterocycles. The Morgan fingerprint density at radius 3 is 2.05 bits per heavy atom. The topological polar surface area (TPSA) is 78.7 Å². The van der Waals surface area contributed by atoms with Crippen molar-refractivity contribution in [2.75, 3.05) is 13.2 Å². The van der Waals surface area contributed by atoms with Gasteiger partial charge in [0.2, 0.25) is 0 Å². The van der Waals surface area contributed by atoms with Crippen LogP contribution in [0.3, 0.4) is 0 Å². The lowest BCUT2D eigenvalue weighted by Gasteiger charge is -2.13. The van der Waals surface area contributed by atoms with Crippen molar-refractivity contribution < 1.29 is 19.2 Å². The molecule has 6 nitrogen and oxygen atoms in total. The fourth-order valence-electron chi connectivity index (χ4n) is 1.70. The van der Waals surface area contributed by atoms with E-state index in [0.717, 1.165) is 25.7 Å². The average Bonchev–Trinajstić information content (AvgIpc) is 2.48. The molecule has 0 aliphatic carbocycles. The predicted octanol–water partition coefficient (Wildman–Crippen LogP) is 3.77. The van der Waals surface area contributed by atoms with Crippen LogP contribution < -0.4 is 9.47 Å². The predicted molar refractivity (Wildman–Crippen MR) is 79.3 cm³/mol. The zero-order valence-electron chi connectivity index (χ0n) is 12.5. The number of carbonyl (C=O) groups excluding carboxylic acids is 1. The zero-order valence-corrected chi connectivity index (χ0v) is 12.5. The Morgan fingerprint density at radius 2 is 1.62 bits per heavy atom. The summed E-state index contributed by atoms with van der Waals surface area (Å²) in [4.78, 5) is 21.4. The molecule has 6 heteroatoms. The van der Waals surface area contributed by atoms with Crippen molar-refractivity contribution in [1.82, 2.24) is 0 Å². The molecule has 0 heterocycles. The summed E-state index contributed by atoms with van der Waals surface area (Å²) in [7, 11) is 0. The van der Waals surface area contributed by atoms with Gasteiger partial charge < -0.3 is 9.47 Å².